The largest absolute Gasteiger partial charge is 0.383 e. The fraction of sp³-hybridized carbons (Fsp3) is 0.0968. The second kappa shape index (κ2) is 8.65. The molecule has 186 valence electrons. The fourth-order valence-electron chi connectivity index (χ4n) is 5.61. The molecule has 0 saturated carbocycles. The Labute approximate surface area is 223 Å². The number of aromatic nitrogens is 1. The minimum atomic E-state index is -0.299. The molecule has 1 amide bonds. The van der Waals surface area contributed by atoms with Gasteiger partial charge in [-0.05, 0) is 81.2 Å². The van der Waals surface area contributed by atoms with Crippen molar-refractivity contribution in [3.8, 4) is 11.1 Å². The van der Waals surface area contributed by atoms with Crippen molar-refractivity contribution in [1.29, 1.82) is 0 Å². The first-order valence-electron chi connectivity index (χ1n) is 12.3. The van der Waals surface area contributed by atoms with E-state index < -0.39 is 0 Å². The van der Waals surface area contributed by atoms with Crippen LogP contribution in [0.1, 0.15) is 50.4 Å². The number of fused-ring (bicyclic) bond motifs is 9. The van der Waals surface area contributed by atoms with E-state index in [1.54, 1.807) is 24.4 Å². The highest BCUT2D eigenvalue weighted by molar-refractivity contribution is 6.32. The first-order chi connectivity index (χ1) is 18.5. The minimum absolute atomic E-state index is 0.190. The van der Waals surface area contributed by atoms with Gasteiger partial charge in [0.15, 0.2) is 0 Å². The van der Waals surface area contributed by atoms with Crippen LogP contribution < -0.4 is 11.1 Å². The zero-order valence-electron chi connectivity index (χ0n) is 20.0. The number of nitrogens with one attached hydrogen (secondary N) is 1. The average Bonchev–Trinajstić information content (AvgIpc) is 3.50. The number of ether oxygens (including phenoxy) is 1. The van der Waals surface area contributed by atoms with Gasteiger partial charge in [-0.2, -0.15) is 0 Å². The smallest absolute Gasteiger partial charge is 0.251 e. The number of carbonyl (C=O) groups is 1. The molecular formula is C31H21ClFN3O2. The number of halogens is 2. The Bertz CT molecular complexity index is 1790. The number of anilines is 1. The van der Waals surface area contributed by atoms with Gasteiger partial charge in [0.1, 0.15) is 23.8 Å². The molecule has 3 N–H and O–H groups in total. The summed E-state index contributed by atoms with van der Waals surface area (Å²) in [5.41, 5.74) is 12.8. The summed E-state index contributed by atoms with van der Waals surface area (Å²) >= 11 is 6.47. The molecule has 0 unspecified atom stereocenters. The molecule has 5 aromatic rings. The van der Waals surface area contributed by atoms with E-state index in [0.29, 0.717) is 22.0 Å². The van der Waals surface area contributed by atoms with Crippen LogP contribution in [0.15, 0.2) is 85.1 Å². The second-order valence-electron chi connectivity index (χ2n) is 9.56. The van der Waals surface area contributed by atoms with Gasteiger partial charge in [-0.1, -0.05) is 48.0 Å². The number of carbonyl (C=O) groups excluding carboxylic acids is 1. The van der Waals surface area contributed by atoms with Crippen molar-refractivity contribution in [2.45, 2.75) is 18.8 Å². The van der Waals surface area contributed by atoms with Crippen molar-refractivity contribution in [3.63, 3.8) is 0 Å². The van der Waals surface area contributed by atoms with Crippen molar-refractivity contribution >= 4 is 34.1 Å². The number of hydrogen-bond acceptors (Lipinski definition) is 4. The second-order valence-corrected chi connectivity index (χ2v) is 9.97. The molecule has 4 aromatic carbocycles. The first-order valence-corrected chi connectivity index (χ1v) is 12.6. The van der Waals surface area contributed by atoms with Crippen LogP contribution in [0.2, 0.25) is 5.02 Å². The lowest BCUT2D eigenvalue weighted by Gasteiger charge is -2.18. The standard InChI is InChI=1S/C31H21ClFN3O2/c32-26-10-9-22-19(11-12-35-30(22)34)25(26)15-36-31(37)17-6-8-21-24(14-17)29-23-13-16(5-7-20(23)28(21)38-29)18-3-1-2-4-27(18)33/h1-14,28-29H,15H2,(H2,34,35)(H,36,37)/t28-,29+/m0/s1. The molecule has 0 spiro atoms. The molecule has 0 fully saturated rings. The highest BCUT2D eigenvalue weighted by atomic mass is 35.5. The summed E-state index contributed by atoms with van der Waals surface area (Å²) in [5.74, 6) is -0.0639. The summed E-state index contributed by atoms with van der Waals surface area (Å²) < 4.78 is 20.7. The highest BCUT2D eigenvalue weighted by Gasteiger charge is 2.43. The van der Waals surface area contributed by atoms with Crippen LogP contribution >= 0.6 is 11.6 Å². The molecule has 1 aromatic heterocycles. The van der Waals surface area contributed by atoms with Crippen LogP contribution in [0, 0.1) is 5.82 Å². The molecule has 7 rings (SSSR count). The minimum Gasteiger partial charge on any atom is -0.383 e. The topological polar surface area (TPSA) is 77.2 Å². The lowest BCUT2D eigenvalue weighted by Crippen LogP contribution is -2.23. The van der Waals surface area contributed by atoms with E-state index in [0.717, 1.165) is 44.2 Å². The van der Waals surface area contributed by atoms with Gasteiger partial charge >= 0.3 is 0 Å². The van der Waals surface area contributed by atoms with Gasteiger partial charge in [0, 0.05) is 34.3 Å². The van der Waals surface area contributed by atoms with E-state index >= 15 is 0 Å². The zero-order chi connectivity index (χ0) is 26.0. The summed E-state index contributed by atoms with van der Waals surface area (Å²) in [6, 6.07) is 23.8. The maximum atomic E-state index is 14.4. The third-order valence-electron chi connectivity index (χ3n) is 7.48. The predicted octanol–water partition coefficient (Wildman–Crippen LogP) is 6.73. The summed E-state index contributed by atoms with van der Waals surface area (Å²) in [6.07, 6.45) is 1.14. The SMILES string of the molecule is Nc1nccc2c(CNC(=O)c3ccc4c(c3)[C@@H]3O[C@H]4c4ccc(-c5ccccc5F)cc43)c(Cl)ccc12. The Hall–Kier alpha value is -4.26. The van der Waals surface area contributed by atoms with Gasteiger partial charge in [0.05, 0.1) is 0 Å². The molecule has 2 aliphatic heterocycles. The van der Waals surface area contributed by atoms with Crippen molar-refractivity contribution in [2.24, 2.45) is 0 Å². The molecule has 0 saturated heterocycles. The average molecular weight is 522 g/mol. The molecule has 5 nitrogen and oxygen atoms in total. The third-order valence-corrected chi connectivity index (χ3v) is 7.83. The normalized spacial score (nSPS) is 16.9. The molecule has 7 heteroatoms. The quantitative estimate of drug-likeness (QED) is 0.275. The van der Waals surface area contributed by atoms with Crippen LogP contribution in [0.5, 0.6) is 0 Å². The van der Waals surface area contributed by atoms with Gasteiger partial charge in [-0.3, -0.25) is 4.79 Å². The molecule has 2 aliphatic rings. The summed E-state index contributed by atoms with van der Waals surface area (Å²) in [7, 11) is 0. The van der Waals surface area contributed by atoms with E-state index in [4.69, 9.17) is 22.1 Å². The van der Waals surface area contributed by atoms with E-state index in [2.05, 4.69) is 10.3 Å². The van der Waals surface area contributed by atoms with Gasteiger partial charge in [0.2, 0.25) is 0 Å². The van der Waals surface area contributed by atoms with Crippen LogP contribution in [0.4, 0.5) is 10.2 Å². The Balaban J connectivity index is 1.17. The summed E-state index contributed by atoms with van der Waals surface area (Å²) in [4.78, 5) is 17.3. The number of rotatable bonds is 4. The Kier molecular flexibility index (Phi) is 5.21. The monoisotopic (exact) mass is 521 g/mol. The predicted molar refractivity (Wildman–Crippen MR) is 145 cm³/mol. The Morgan fingerprint density at radius 1 is 0.921 bits per heavy atom. The van der Waals surface area contributed by atoms with Crippen molar-refractivity contribution < 1.29 is 13.9 Å². The van der Waals surface area contributed by atoms with Gasteiger partial charge in [-0.25, -0.2) is 9.37 Å². The lowest BCUT2D eigenvalue weighted by atomic mass is 9.83. The van der Waals surface area contributed by atoms with Crippen LogP contribution in [-0.4, -0.2) is 10.9 Å². The number of hydrogen-bond donors (Lipinski definition) is 2. The molecule has 0 aliphatic carbocycles. The van der Waals surface area contributed by atoms with E-state index in [1.807, 2.05) is 54.6 Å². The lowest BCUT2D eigenvalue weighted by molar-refractivity contribution is 0.0857. The molecular weight excluding hydrogens is 501 g/mol. The summed E-state index contributed by atoms with van der Waals surface area (Å²) in [6.45, 7) is 0.243. The van der Waals surface area contributed by atoms with Gasteiger partial charge in [-0.15, -0.1) is 0 Å². The number of amides is 1. The maximum absolute atomic E-state index is 14.4. The third kappa shape index (κ3) is 3.49. The Morgan fingerprint density at radius 3 is 2.53 bits per heavy atom. The fourth-order valence-corrected chi connectivity index (χ4v) is 5.85. The van der Waals surface area contributed by atoms with Gasteiger partial charge < -0.3 is 15.8 Å². The van der Waals surface area contributed by atoms with E-state index in [-0.39, 0.29) is 30.5 Å². The number of nitrogen functional groups attached to an aromatic ring is 1. The maximum Gasteiger partial charge on any atom is 0.251 e. The van der Waals surface area contributed by atoms with Crippen molar-refractivity contribution in [2.75, 3.05) is 5.73 Å². The van der Waals surface area contributed by atoms with Crippen LogP contribution in [0.3, 0.4) is 0 Å². The van der Waals surface area contributed by atoms with E-state index in [1.165, 1.54) is 6.07 Å². The zero-order valence-corrected chi connectivity index (χ0v) is 20.8. The summed E-state index contributed by atoms with van der Waals surface area (Å²) in [5, 5.41) is 5.18. The molecule has 0 radical (unpaired) electrons. The Morgan fingerprint density at radius 2 is 1.68 bits per heavy atom. The number of nitrogens with zero attached hydrogens (tertiary/aromatic N) is 1. The van der Waals surface area contributed by atoms with Crippen molar-refractivity contribution in [3.05, 3.63) is 129 Å². The van der Waals surface area contributed by atoms with Crippen LogP contribution in [0.25, 0.3) is 21.9 Å². The van der Waals surface area contributed by atoms with E-state index in [9.17, 15) is 9.18 Å². The first kappa shape index (κ1) is 22.9. The molecule has 38 heavy (non-hydrogen) atoms. The number of nitrogens with two attached hydrogens (primary N) is 1. The molecule has 2 atom stereocenters. The van der Waals surface area contributed by atoms with Crippen molar-refractivity contribution in [1.82, 2.24) is 10.3 Å². The molecule has 3 heterocycles. The molecule has 2 bridgehead atoms. The number of benzene rings is 4. The highest BCUT2D eigenvalue weighted by Crippen LogP contribution is 2.54. The van der Waals surface area contributed by atoms with Gasteiger partial charge in [0.25, 0.3) is 5.91 Å². The number of pyridine rings is 1. The van der Waals surface area contributed by atoms with Crippen LogP contribution in [-0.2, 0) is 11.3 Å².